The number of amides is 1. The van der Waals surface area contributed by atoms with Crippen LogP contribution in [0.3, 0.4) is 0 Å². The summed E-state index contributed by atoms with van der Waals surface area (Å²) in [4.78, 5) is 24.7. The maximum absolute atomic E-state index is 12.2. The fourth-order valence-electron chi connectivity index (χ4n) is 3.23. The van der Waals surface area contributed by atoms with E-state index in [9.17, 15) is 4.79 Å². The van der Waals surface area contributed by atoms with Gasteiger partial charge in [-0.25, -0.2) is 19.4 Å². The van der Waals surface area contributed by atoms with Gasteiger partial charge in [0, 0.05) is 25.1 Å². The molecule has 5 aromatic rings. The summed E-state index contributed by atoms with van der Waals surface area (Å²) in [5.74, 6) is 0. The molecule has 0 fully saturated rings. The lowest BCUT2D eigenvalue weighted by Gasteiger charge is -2.05. The Kier molecular flexibility index (Phi) is 6.08. The highest BCUT2D eigenvalue weighted by molar-refractivity contribution is 7.17. The van der Waals surface area contributed by atoms with Crippen LogP contribution in [-0.2, 0) is 13.1 Å². The van der Waals surface area contributed by atoms with Crippen molar-refractivity contribution in [3.8, 4) is 21.5 Å². The number of pyridine rings is 1. The zero-order valence-electron chi connectivity index (χ0n) is 18.2. The molecule has 1 aromatic carbocycles. The molecule has 1 N–H and O–H groups in total. The Balaban J connectivity index is 1.21. The van der Waals surface area contributed by atoms with Crippen LogP contribution in [0.1, 0.15) is 16.8 Å². The molecule has 0 saturated carbocycles. The topological polar surface area (TPSA) is 113 Å². The molecular weight excluding hydrogens is 452 g/mol. The summed E-state index contributed by atoms with van der Waals surface area (Å²) in [7, 11) is 0. The van der Waals surface area contributed by atoms with Crippen LogP contribution in [0.15, 0.2) is 73.7 Å². The second-order valence-electron chi connectivity index (χ2n) is 7.40. The van der Waals surface area contributed by atoms with Gasteiger partial charge in [0.15, 0.2) is 0 Å². The van der Waals surface area contributed by atoms with E-state index < -0.39 is 6.09 Å². The minimum atomic E-state index is -0.540. The maximum atomic E-state index is 12.2. The number of aromatic nitrogens is 7. The standard InChI is InChI=1S/C23H20N8O2S/c1-16-22(33-23(32)26-12-18-3-2-9-24-11-18)34-21(28-16)20-8-10-30(29-20)13-17-4-6-19(7-5-17)31-15-25-14-27-31/h2-11,14-15H,12-13H2,1H3,(H,26,32). The third kappa shape index (κ3) is 4.99. The van der Waals surface area contributed by atoms with E-state index in [1.54, 1.807) is 30.3 Å². The van der Waals surface area contributed by atoms with Crippen LogP contribution >= 0.6 is 11.3 Å². The molecule has 170 valence electrons. The van der Waals surface area contributed by atoms with E-state index in [1.807, 2.05) is 53.3 Å². The summed E-state index contributed by atoms with van der Waals surface area (Å²) < 4.78 is 9.01. The molecule has 11 heteroatoms. The van der Waals surface area contributed by atoms with E-state index in [1.165, 1.54) is 17.7 Å². The largest absolute Gasteiger partial charge is 0.413 e. The minimum Gasteiger partial charge on any atom is -0.397 e. The number of hydrogen-bond donors (Lipinski definition) is 1. The first kappa shape index (κ1) is 21.5. The molecule has 0 aliphatic carbocycles. The number of carbonyl (C=O) groups is 1. The van der Waals surface area contributed by atoms with Crippen molar-refractivity contribution >= 4 is 17.4 Å². The molecule has 0 bridgehead atoms. The van der Waals surface area contributed by atoms with Gasteiger partial charge < -0.3 is 10.1 Å². The van der Waals surface area contributed by atoms with Crippen LogP contribution < -0.4 is 10.1 Å². The summed E-state index contributed by atoms with van der Waals surface area (Å²) in [6.45, 7) is 2.75. The molecule has 0 radical (unpaired) electrons. The van der Waals surface area contributed by atoms with Crippen LogP contribution in [0, 0.1) is 6.92 Å². The van der Waals surface area contributed by atoms with E-state index in [0.717, 1.165) is 22.5 Å². The number of carbonyl (C=O) groups excluding carboxylic acids is 1. The van der Waals surface area contributed by atoms with Gasteiger partial charge in [0.1, 0.15) is 23.4 Å². The summed E-state index contributed by atoms with van der Waals surface area (Å²) in [5.41, 5.74) is 4.29. The normalized spacial score (nSPS) is 10.9. The lowest BCUT2D eigenvalue weighted by atomic mass is 10.2. The second-order valence-corrected chi connectivity index (χ2v) is 8.36. The van der Waals surface area contributed by atoms with Gasteiger partial charge in [-0.15, -0.1) is 0 Å². The summed E-state index contributed by atoms with van der Waals surface area (Å²) >= 11 is 1.28. The third-order valence-corrected chi connectivity index (χ3v) is 5.98. The van der Waals surface area contributed by atoms with Crippen LogP contribution in [0.25, 0.3) is 16.4 Å². The number of thiazole rings is 1. The van der Waals surface area contributed by atoms with Gasteiger partial charge in [-0.05, 0) is 42.3 Å². The van der Waals surface area contributed by atoms with Crippen molar-refractivity contribution in [2.75, 3.05) is 0 Å². The molecule has 1 amide bonds. The Morgan fingerprint density at radius 1 is 1.12 bits per heavy atom. The van der Waals surface area contributed by atoms with Crippen LogP contribution in [0.5, 0.6) is 5.06 Å². The lowest BCUT2D eigenvalue weighted by molar-refractivity contribution is 0.201. The van der Waals surface area contributed by atoms with Crippen LogP contribution in [-0.4, -0.2) is 40.6 Å². The van der Waals surface area contributed by atoms with Gasteiger partial charge in [0.25, 0.3) is 0 Å². The number of ether oxygens (including phenoxy) is 1. The van der Waals surface area contributed by atoms with Crippen LogP contribution in [0.2, 0.25) is 0 Å². The van der Waals surface area contributed by atoms with Crippen LogP contribution in [0.4, 0.5) is 4.79 Å². The molecule has 4 aromatic heterocycles. The number of nitrogens with zero attached hydrogens (tertiary/aromatic N) is 7. The molecule has 0 atom stereocenters. The summed E-state index contributed by atoms with van der Waals surface area (Å²) in [6, 6.07) is 13.6. The molecule has 0 aliphatic rings. The predicted molar refractivity (Wildman–Crippen MR) is 126 cm³/mol. The highest BCUT2D eigenvalue weighted by atomic mass is 32.1. The zero-order chi connectivity index (χ0) is 23.3. The van der Waals surface area contributed by atoms with E-state index in [2.05, 4.69) is 30.5 Å². The monoisotopic (exact) mass is 472 g/mol. The lowest BCUT2D eigenvalue weighted by Crippen LogP contribution is -2.26. The highest BCUT2D eigenvalue weighted by Crippen LogP contribution is 2.33. The van der Waals surface area contributed by atoms with Crippen molar-refractivity contribution in [2.24, 2.45) is 0 Å². The van der Waals surface area contributed by atoms with Crippen molar-refractivity contribution in [1.29, 1.82) is 0 Å². The molecule has 34 heavy (non-hydrogen) atoms. The number of aryl methyl sites for hydroxylation is 1. The fraction of sp³-hybridized carbons (Fsp3) is 0.130. The molecular formula is C23H20N8O2S. The third-order valence-electron chi connectivity index (χ3n) is 4.92. The quantitative estimate of drug-likeness (QED) is 0.385. The average molecular weight is 473 g/mol. The smallest absolute Gasteiger partial charge is 0.397 e. The Bertz CT molecular complexity index is 1380. The molecule has 10 nitrogen and oxygen atoms in total. The molecule has 4 heterocycles. The van der Waals surface area contributed by atoms with E-state index in [0.29, 0.717) is 28.9 Å². The van der Waals surface area contributed by atoms with E-state index in [-0.39, 0.29) is 0 Å². The Morgan fingerprint density at radius 2 is 2.00 bits per heavy atom. The van der Waals surface area contributed by atoms with Crippen molar-refractivity contribution in [2.45, 2.75) is 20.0 Å². The van der Waals surface area contributed by atoms with Gasteiger partial charge in [-0.1, -0.05) is 29.5 Å². The van der Waals surface area contributed by atoms with Crippen molar-refractivity contribution in [3.05, 3.63) is 90.5 Å². The van der Waals surface area contributed by atoms with Gasteiger partial charge in [-0.3, -0.25) is 9.67 Å². The summed E-state index contributed by atoms with van der Waals surface area (Å²) in [5, 5.41) is 12.6. The molecule has 5 rings (SSSR count). The van der Waals surface area contributed by atoms with E-state index in [4.69, 9.17) is 4.74 Å². The van der Waals surface area contributed by atoms with Gasteiger partial charge in [-0.2, -0.15) is 10.2 Å². The maximum Gasteiger partial charge on any atom is 0.413 e. The number of nitrogens with one attached hydrogen (secondary N) is 1. The molecule has 0 aliphatic heterocycles. The number of hydrogen-bond acceptors (Lipinski definition) is 8. The fourth-order valence-corrected chi connectivity index (χ4v) is 4.11. The van der Waals surface area contributed by atoms with Crippen molar-refractivity contribution in [1.82, 2.24) is 39.8 Å². The van der Waals surface area contributed by atoms with Gasteiger partial charge in [0.2, 0.25) is 5.06 Å². The Labute approximate surface area is 198 Å². The minimum absolute atomic E-state index is 0.335. The van der Waals surface area contributed by atoms with Gasteiger partial charge >= 0.3 is 6.09 Å². The zero-order valence-corrected chi connectivity index (χ0v) is 19.0. The van der Waals surface area contributed by atoms with Gasteiger partial charge in [0.05, 0.1) is 17.9 Å². The SMILES string of the molecule is Cc1nc(-c2ccn(Cc3ccc(-n4cncn4)cc3)n2)sc1OC(=O)NCc1cccnc1. The molecule has 0 unspecified atom stereocenters. The highest BCUT2D eigenvalue weighted by Gasteiger charge is 2.16. The van der Waals surface area contributed by atoms with Crippen molar-refractivity contribution in [3.63, 3.8) is 0 Å². The Hall–Kier alpha value is -4.38. The first-order valence-corrected chi connectivity index (χ1v) is 11.3. The number of benzene rings is 1. The molecule has 0 saturated heterocycles. The Morgan fingerprint density at radius 3 is 2.76 bits per heavy atom. The average Bonchev–Trinajstić information content (AvgIpc) is 3.62. The molecule has 0 spiro atoms. The predicted octanol–water partition coefficient (Wildman–Crippen LogP) is 3.63. The first-order chi connectivity index (χ1) is 16.6. The van der Waals surface area contributed by atoms with E-state index >= 15 is 0 Å². The van der Waals surface area contributed by atoms with Crippen molar-refractivity contribution < 1.29 is 9.53 Å². The summed E-state index contributed by atoms with van der Waals surface area (Å²) in [6.07, 6.45) is 7.90. The first-order valence-electron chi connectivity index (χ1n) is 10.4. The second kappa shape index (κ2) is 9.63. The number of rotatable bonds is 7.